The molecule has 0 spiro atoms. The summed E-state index contributed by atoms with van der Waals surface area (Å²) in [4.78, 5) is 0. The summed E-state index contributed by atoms with van der Waals surface area (Å²) >= 11 is 0. The molecule has 1 aromatic rings. The van der Waals surface area contributed by atoms with Crippen molar-refractivity contribution in [3.63, 3.8) is 0 Å². The summed E-state index contributed by atoms with van der Waals surface area (Å²) in [5.74, 6) is 0. The predicted octanol–water partition coefficient (Wildman–Crippen LogP) is 2.17. The van der Waals surface area contributed by atoms with E-state index in [4.69, 9.17) is 5.73 Å². The van der Waals surface area contributed by atoms with E-state index in [1.807, 2.05) is 0 Å². The van der Waals surface area contributed by atoms with Crippen LogP contribution >= 0.6 is 0 Å². The summed E-state index contributed by atoms with van der Waals surface area (Å²) < 4.78 is 0. The molecule has 0 radical (unpaired) electrons. The van der Waals surface area contributed by atoms with Gasteiger partial charge in [-0.2, -0.15) is 0 Å². The lowest BCUT2D eigenvalue weighted by molar-refractivity contribution is 0.734. The van der Waals surface area contributed by atoms with Crippen molar-refractivity contribution in [2.45, 2.75) is 26.3 Å². The Labute approximate surface area is 108 Å². The van der Waals surface area contributed by atoms with E-state index in [0.29, 0.717) is 0 Å². The van der Waals surface area contributed by atoms with Crippen LogP contribution in [0.15, 0.2) is 41.6 Å². The number of nitrogens with zero attached hydrogens (tertiary/aromatic N) is 1. The van der Waals surface area contributed by atoms with Crippen molar-refractivity contribution in [3.05, 3.63) is 52.7 Å². The standard InChI is InChI=1S/C15H19N3/c1-10-5-3-7-14(11(10)2)18-15-8-4-6-13(16)12(15)9-17-18/h3-5,7-8,13,17H,6,9,16H2,1-2H3. The van der Waals surface area contributed by atoms with Crippen molar-refractivity contribution < 1.29 is 0 Å². The van der Waals surface area contributed by atoms with Gasteiger partial charge in [-0.25, -0.2) is 5.43 Å². The fourth-order valence-corrected chi connectivity index (χ4v) is 2.65. The minimum absolute atomic E-state index is 0.160. The van der Waals surface area contributed by atoms with Gasteiger partial charge in [0.05, 0.1) is 11.4 Å². The van der Waals surface area contributed by atoms with Crippen LogP contribution in [-0.2, 0) is 0 Å². The molecule has 0 saturated carbocycles. The van der Waals surface area contributed by atoms with Gasteiger partial charge in [-0.05, 0) is 49.1 Å². The summed E-state index contributed by atoms with van der Waals surface area (Å²) in [7, 11) is 0. The molecule has 1 aliphatic carbocycles. The highest BCUT2D eigenvalue weighted by atomic mass is 15.5. The van der Waals surface area contributed by atoms with E-state index < -0.39 is 0 Å². The lowest BCUT2D eigenvalue weighted by Crippen LogP contribution is -2.31. The number of allylic oxidation sites excluding steroid dienone is 1. The number of nitrogens with two attached hydrogens (primary N) is 1. The molecule has 1 unspecified atom stereocenters. The second-order valence-electron chi connectivity index (χ2n) is 5.04. The molecule has 0 amide bonds. The molecule has 2 aliphatic rings. The smallest absolute Gasteiger partial charge is 0.0609 e. The molecule has 3 N–H and O–H groups in total. The Morgan fingerprint density at radius 3 is 3.00 bits per heavy atom. The normalized spacial score (nSPS) is 22.6. The van der Waals surface area contributed by atoms with Crippen LogP contribution in [0.4, 0.5) is 5.69 Å². The zero-order valence-electron chi connectivity index (χ0n) is 10.9. The van der Waals surface area contributed by atoms with Gasteiger partial charge in [-0.15, -0.1) is 0 Å². The Bertz CT molecular complexity index is 543. The lowest BCUT2D eigenvalue weighted by atomic mass is 9.98. The van der Waals surface area contributed by atoms with Crippen molar-refractivity contribution in [1.29, 1.82) is 0 Å². The van der Waals surface area contributed by atoms with Crippen LogP contribution in [0.25, 0.3) is 0 Å². The summed E-state index contributed by atoms with van der Waals surface area (Å²) in [6.07, 6.45) is 5.29. The molecule has 0 bridgehead atoms. The molecular formula is C15H19N3. The average molecular weight is 241 g/mol. The van der Waals surface area contributed by atoms with E-state index in [1.54, 1.807) is 0 Å². The lowest BCUT2D eigenvalue weighted by Gasteiger charge is -2.25. The van der Waals surface area contributed by atoms with Crippen molar-refractivity contribution >= 4 is 5.69 Å². The van der Waals surface area contributed by atoms with Crippen LogP contribution < -0.4 is 16.2 Å². The van der Waals surface area contributed by atoms with Gasteiger partial charge in [-0.1, -0.05) is 18.2 Å². The first-order valence-electron chi connectivity index (χ1n) is 6.43. The van der Waals surface area contributed by atoms with Crippen LogP contribution in [-0.4, -0.2) is 12.6 Å². The van der Waals surface area contributed by atoms with E-state index in [9.17, 15) is 0 Å². The van der Waals surface area contributed by atoms with Gasteiger partial charge in [0.2, 0.25) is 0 Å². The summed E-state index contributed by atoms with van der Waals surface area (Å²) in [6, 6.07) is 6.56. The Kier molecular flexibility index (Phi) is 2.73. The highest BCUT2D eigenvalue weighted by Crippen LogP contribution is 2.31. The minimum atomic E-state index is 0.160. The Morgan fingerprint density at radius 2 is 2.17 bits per heavy atom. The summed E-state index contributed by atoms with van der Waals surface area (Å²) in [6.45, 7) is 5.16. The third kappa shape index (κ3) is 1.67. The number of aryl methyl sites for hydroxylation is 1. The summed E-state index contributed by atoms with van der Waals surface area (Å²) in [5.41, 5.74) is 16.0. The van der Waals surface area contributed by atoms with Crippen molar-refractivity contribution in [3.8, 4) is 0 Å². The Hall–Kier alpha value is -1.58. The molecule has 0 fully saturated rings. The first kappa shape index (κ1) is 11.5. The molecule has 18 heavy (non-hydrogen) atoms. The van der Waals surface area contributed by atoms with Gasteiger partial charge in [0, 0.05) is 12.6 Å². The molecule has 0 aromatic heterocycles. The fraction of sp³-hybridized carbons (Fsp3) is 0.333. The third-order valence-electron chi connectivity index (χ3n) is 3.93. The molecule has 1 heterocycles. The fourth-order valence-electron chi connectivity index (χ4n) is 2.65. The van der Waals surface area contributed by atoms with E-state index in [1.165, 1.54) is 28.1 Å². The first-order chi connectivity index (χ1) is 8.68. The van der Waals surface area contributed by atoms with E-state index >= 15 is 0 Å². The number of hydrazine groups is 1. The molecule has 3 nitrogen and oxygen atoms in total. The maximum atomic E-state index is 6.15. The molecule has 0 saturated heterocycles. The Balaban J connectivity index is 2.04. The van der Waals surface area contributed by atoms with Gasteiger partial charge in [0.15, 0.2) is 0 Å². The van der Waals surface area contributed by atoms with Crippen LogP contribution in [0.5, 0.6) is 0 Å². The van der Waals surface area contributed by atoms with E-state index in [0.717, 1.165) is 13.0 Å². The summed E-state index contributed by atoms with van der Waals surface area (Å²) in [5, 5.41) is 2.17. The van der Waals surface area contributed by atoms with Crippen molar-refractivity contribution in [1.82, 2.24) is 5.43 Å². The quantitative estimate of drug-likeness (QED) is 0.791. The highest BCUT2D eigenvalue weighted by molar-refractivity contribution is 5.63. The van der Waals surface area contributed by atoms with Gasteiger partial charge < -0.3 is 5.73 Å². The third-order valence-corrected chi connectivity index (χ3v) is 3.93. The predicted molar refractivity (Wildman–Crippen MR) is 75.2 cm³/mol. The number of rotatable bonds is 1. The zero-order chi connectivity index (χ0) is 12.7. The number of hydrogen-bond donors (Lipinski definition) is 2. The van der Waals surface area contributed by atoms with Crippen molar-refractivity contribution in [2.24, 2.45) is 5.73 Å². The topological polar surface area (TPSA) is 41.3 Å². The highest BCUT2D eigenvalue weighted by Gasteiger charge is 2.27. The van der Waals surface area contributed by atoms with Crippen LogP contribution in [0.2, 0.25) is 0 Å². The largest absolute Gasteiger partial charge is 0.324 e. The first-order valence-corrected chi connectivity index (χ1v) is 6.43. The van der Waals surface area contributed by atoms with Gasteiger partial charge in [-0.3, -0.25) is 5.01 Å². The SMILES string of the molecule is Cc1cccc(N2NCC3=C2C=CCC3N)c1C. The molecule has 94 valence electrons. The van der Waals surface area contributed by atoms with E-state index in [-0.39, 0.29) is 6.04 Å². The molecule has 1 atom stereocenters. The van der Waals surface area contributed by atoms with Crippen LogP contribution in [0, 0.1) is 13.8 Å². The minimum Gasteiger partial charge on any atom is -0.324 e. The molecule has 3 rings (SSSR count). The maximum Gasteiger partial charge on any atom is 0.0609 e. The van der Waals surface area contributed by atoms with E-state index in [2.05, 4.69) is 54.6 Å². The molecular weight excluding hydrogens is 222 g/mol. The number of nitrogens with one attached hydrogen (secondary N) is 1. The second-order valence-corrected chi connectivity index (χ2v) is 5.04. The monoisotopic (exact) mass is 241 g/mol. The molecule has 1 aromatic carbocycles. The number of benzene rings is 1. The van der Waals surface area contributed by atoms with Crippen molar-refractivity contribution in [2.75, 3.05) is 11.6 Å². The number of hydrogen-bond acceptors (Lipinski definition) is 3. The Morgan fingerprint density at radius 1 is 1.33 bits per heavy atom. The second kappa shape index (κ2) is 4.26. The van der Waals surface area contributed by atoms with Gasteiger partial charge in [0.1, 0.15) is 0 Å². The molecule has 1 aliphatic heterocycles. The van der Waals surface area contributed by atoms with Crippen LogP contribution in [0.1, 0.15) is 17.5 Å². The average Bonchev–Trinajstić information content (AvgIpc) is 2.78. The maximum absolute atomic E-state index is 6.15. The van der Waals surface area contributed by atoms with Gasteiger partial charge >= 0.3 is 0 Å². The van der Waals surface area contributed by atoms with Gasteiger partial charge in [0.25, 0.3) is 0 Å². The molecule has 3 heteroatoms. The number of anilines is 1. The van der Waals surface area contributed by atoms with Crippen LogP contribution in [0.3, 0.4) is 0 Å². The zero-order valence-corrected chi connectivity index (χ0v) is 10.9.